The van der Waals surface area contributed by atoms with Crippen LogP contribution >= 0.6 is 0 Å². The quantitative estimate of drug-likeness (QED) is 0.855. The van der Waals surface area contributed by atoms with E-state index in [4.69, 9.17) is 9.84 Å². The van der Waals surface area contributed by atoms with Crippen molar-refractivity contribution in [3.63, 3.8) is 0 Å². The van der Waals surface area contributed by atoms with Crippen molar-refractivity contribution in [1.29, 1.82) is 0 Å². The Morgan fingerprint density at radius 1 is 1.41 bits per heavy atom. The lowest BCUT2D eigenvalue weighted by Crippen LogP contribution is -2.01. The van der Waals surface area contributed by atoms with Crippen molar-refractivity contribution >= 4 is 16.9 Å². The van der Waals surface area contributed by atoms with Gasteiger partial charge in [0.05, 0.1) is 13.5 Å². The predicted octanol–water partition coefficient (Wildman–Crippen LogP) is 2.42. The Hall–Kier alpha value is -1.97. The fourth-order valence-electron chi connectivity index (χ4n) is 2.24. The number of aliphatic carboxylic acids is 1. The number of H-pyrrole nitrogens is 1. The summed E-state index contributed by atoms with van der Waals surface area (Å²) < 4.78 is 5.26. The van der Waals surface area contributed by atoms with Gasteiger partial charge in [-0.3, -0.25) is 4.79 Å². The zero-order valence-electron chi connectivity index (χ0n) is 10.1. The van der Waals surface area contributed by atoms with E-state index >= 15 is 0 Å². The highest BCUT2D eigenvalue weighted by Gasteiger charge is 2.15. The highest BCUT2D eigenvalue weighted by atomic mass is 16.5. The van der Waals surface area contributed by atoms with Crippen LogP contribution < -0.4 is 4.74 Å². The molecule has 90 valence electrons. The molecule has 0 amide bonds. The summed E-state index contributed by atoms with van der Waals surface area (Å²) in [6.07, 6.45) is 0.0276. The highest BCUT2D eigenvalue weighted by Crippen LogP contribution is 2.31. The summed E-state index contributed by atoms with van der Waals surface area (Å²) in [6, 6.07) is 3.80. The molecule has 2 rings (SSSR count). The van der Waals surface area contributed by atoms with E-state index in [1.54, 1.807) is 7.11 Å². The van der Waals surface area contributed by atoms with Crippen LogP contribution in [0.3, 0.4) is 0 Å². The molecule has 17 heavy (non-hydrogen) atoms. The molecule has 0 atom stereocenters. The summed E-state index contributed by atoms with van der Waals surface area (Å²) in [5.74, 6) is -0.0423. The van der Waals surface area contributed by atoms with E-state index < -0.39 is 5.97 Å². The summed E-state index contributed by atoms with van der Waals surface area (Å²) in [5, 5.41) is 9.90. The molecular weight excluding hydrogens is 218 g/mol. The number of fused-ring (bicyclic) bond motifs is 1. The number of aromatic amines is 1. The van der Waals surface area contributed by atoms with Gasteiger partial charge in [-0.15, -0.1) is 0 Å². The van der Waals surface area contributed by atoms with Crippen molar-refractivity contribution in [2.45, 2.75) is 20.3 Å². The molecule has 0 bridgehead atoms. The van der Waals surface area contributed by atoms with Crippen LogP contribution in [0.25, 0.3) is 10.9 Å². The van der Waals surface area contributed by atoms with Gasteiger partial charge in [0.1, 0.15) is 5.75 Å². The number of aryl methyl sites for hydroxylation is 2. The Bertz CT molecular complexity index is 584. The van der Waals surface area contributed by atoms with Crippen LogP contribution in [0.15, 0.2) is 12.1 Å². The van der Waals surface area contributed by atoms with Crippen molar-refractivity contribution in [2.24, 2.45) is 0 Å². The van der Waals surface area contributed by atoms with Crippen LogP contribution in [0, 0.1) is 13.8 Å². The van der Waals surface area contributed by atoms with Gasteiger partial charge in [-0.1, -0.05) is 0 Å². The highest BCUT2D eigenvalue weighted by molar-refractivity contribution is 5.92. The molecule has 0 aliphatic carbocycles. The fourth-order valence-corrected chi connectivity index (χ4v) is 2.24. The van der Waals surface area contributed by atoms with E-state index in [0.717, 1.165) is 33.5 Å². The Kier molecular flexibility index (Phi) is 2.79. The fraction of sp³-hybridized carbons (Fsp3) is 0.308. The first-order valence-electron chi connectivity index (χ1n) is 5.41. The molecule has 1 heterocycles. The number of benzene rings is 1. The number of carboxylic acids is 1. The molecule has 0 aliphatic heterocycles. The van der Waals surface area contributed by atoms with Crippen molar-refractivity contribution in [3.05, 3.63) is 29.0 Å². The van der Waals surface area contributed by atoms with Crippen LogP contribution in [-0.2, 0) is 11.2 Å². The van der Waals surface area contributed by atoms with E-state index in [-0.39, 0.29) is 6.42 Å². The van der Waals surface area contributed by atoms with E-state index in [9.17, 15) is 4.79 Å². The van der Waals surface area contributed by atoms with Crippen LogP contribution in [0.2, 0.25) is 0 Å². The minimum atomic E-state index is -0.823. The number of ether oxygens (including phenoxy) is 1. The number of nitrogens with one attached hydrogen (secondary N) is 1. The minimum Gasteiger partial charge on any atom is -0.496 e. The van der Waals surface area contributed by atoms with Crippen LogP contribution in [-0.4, -0.2) is 23.2 Å². The number of carboxylic acid groups (broad SMARTS) is 1. The Labute approximate surface area is 99.2 Å². The average Bonchev–Trinajstić information content (AvgIpc) is 2.56. The number of hydrogen-bond acceptors (Lipinski definition) is 2. The lowest BCUT2D eigenvalue weighted by molar-refractivity contribution is -0.136. The molecule has 0 fully saturated rings. The third-order valence-corrected chi connectivity index (χ3v) is 3.04. The summed E-state index contributed by atoms with van der Waals surface area (Å²) in [4.78, 5) is 14.1. The second kappa shape index (κ2) is 4.13. The zero-order chi connectivity index (χ0) is 12.6. The van der Waals surface area contributed by atoms with Crippen molar-refractivity contribution in [2.75, 3.05) is 7.11 Å². The topological polar surface area (TPSA) is 62.3 Å². The first-order valence-corrected chi connectivity index (χ1v) is 5.41. The van der Waals surface area contributed by atoms with Gasteiger partial charge in [-0.05, 0) is 31.5 Å². The minimum absolute atomic E-state index is 0.0276. The molecule has 4 nitrogen and oxygen atoms in total. The zero-order valence-corrected chi connectivity index (χ0v) is 10.1. The molecule has 0 spiro atoms. The molecule has 0 radical (unpaired) electrons. The standard InChI is InChI=1S/C13H15NO3/c1-7-11(17-3)5-4-10-13(7)9(6-12(15)16)8(2)14-10/h4-5,14H,6H2,1-3H3,(H,15,16). The van der Waals surface area contributed by atoms with Gasteiger partial charge >= 0.3 is 5.97 Å². The maximum absolute atomic E-state index is 10.9. The number of carbonyl (C=O) groups is 1. The smallest absolute Gasteiger partial charge is 0.307 e. The largest absolute Gasteiger partial charge is 0.496 e. The second-order valence-corrected chi connectivity index (χ2v) is 4.11. The van der Waals surface area contributed by atoms with Gasteiger partial charge in [0.15, 0.2) is 0 Å². The second-order valence-electron chi connectivity index (χ2n) is 4.11. The van der Waals surface area contributed by atoms with Crippen LogP contribution in [0.4, 0.5) is 0 Å². The maximum Gasteiger partial charge on any atom is 0.307 e. The summed E-state index contributed by atoms with van der Waals surface area (Å²) in [6.45, 7) is 3.84. The maximum atomic E-state index is 10.9. The monoisotopic (exact) mass is 233 g/mol. The Morgan fingerprint density at radius 3 is 2.71 bits per heavy atom. The molecule has 0 unspecified atom stereocenters. The Morgan fingerprint density at radius 2 is 2.12 bits per heavy atom. The number of methoxy groups -OCH3 is 1. The van der Waals surface area contributed by atoms with E-state index in [2.05, 4.69) is 4.98 Å². The van der Waals surface area contributed by atoms with Crippen molar-refractivity contribution in [3.8, 4) is 5.75 Å². The lowest BCUT2D eigenvalue weighted by atomic mass is 10.0. The molecule has 0 saturated heterocycles. The van der Waals surface area contributed by atoms with E-state index in [1.165, 1.54) is 0 Å². The van der Waals surface area contributed by atoms with Gasteiger partial charge in [0.25, 0.3) is 0 Å². The van der Waals surface area contributed by atoms with Gasteiger partial charge in [-0.2, -0.15) is 0 Å². The molecule has 2 aromatic rings. The van der Waals surface area contributed by atoms with Crippen LogP contribution in [0.5, 0.6) is 5.75 Å². The summed E-state index contributed by atoms with van der Waals surface area (Å²) >= 11 is 0. The number of rotatable bonds is 3. The predicted molar refractivity (Wildman–Crippen MR) is 65.7 cm³/mol. The summed E-state index contributed by atoms with van der Waals surface area (Å²) in [7, 11) is 1.62. The molecule has 2 N–H and O–H groups in total. The molecule has 0 aliphatic rings. The molecule has 0 saturated carbocycles. The third-order valence-electron chi connectivity index (χ3n) is 3.04. The first kappa shape index (κ1) is 11.5. The number of hydrogen-bond donors (Lipinski definition) is 2. The molecular formula is C13H15NO3. The van der Waals surface area contributed by atoms with Crippen LogP contribution in [0.1, 0.15) is 16.8 Å². The van der Waals surface area contributed by atoms with Crippen molar-refractivity contribution < 1.29 is 14.6 Å². The first-order chi connectivity index (χ1) is 8.04. The van der Waals surface area contributed by atoms with Gasteiger partial charge in [0, 0.05) is 22.2 Å². The SMILES string of the molecule is COc1ccc2[nH]c(C)c(CC(=O)O)c2c1C. The van der Waals surface area contributed by atoms with E-state index in [1.807, 2.05) is 26.0 Å². The molecule has 4 heteroatoms. The lowest BCUT2D eigenvalue weighted by Gasteiger charge is -2.06. The normalized spacial score (nSPS) is 10.8. The summed E-state index contributed by atoms with van der Waals surface area (Å²) in [5.41, 5.74) is 3.67. The average molecular weight is 233 g/mol. The molecule has 1 aromatic heterocycles. The Balaban J connectivity index is 2.73. The van der Waals surface area contributed by atoms with Gasteiger partial charge in [0.2, 0.25) is 0 Å². The van der Waals surface area contributed by atoms with Crippen molar-refractivity contribution in [1.82, 2.24) is 4.98 Å². The number of aromatic nitrogens is 1. The van der Waals surface area contributed by atoms with Gasteiger partial charge in [-0.25, -0.2) is 0 Å². The molecule has 1 aromatic carbocycles. The van der Waals surface area contributed by atoms with Gasteiger partial charge < -0.3 is 14.8 Å². The third kappa shape index (κ3) is 1.86. The van der Waals surface area contributed by atoms with E-state index in [0.29, 0.717) is 0 Å².